The van der Waals surface area contributed by atoms with Crippen molar-refractivity contribution in [3.8, 4) is 11.8 Å². The van der Waals surface area contributed by atoms with Crippen molar-refractivity contribution >= 4 is 0 Å². The van der Waals surface area contributed by atoms with Crippen molar-refractivity contribution in [2.75, 3.05) is 33.4 Å². The summed E-state index contributed by atoms with van der Waals surface area (Å²) in [5.41, 5.74) is 1.30. The normalized spacial score (nSPS) is 19.1. The van der Waals surface area contributed by atoms with E-state index in [4.69, 9.17) is 9.84 Å². The number of hydrogen-bond donors (Lipinski definition) is 1. The number of benzene rings is 1. The minimum atomic E-state index is -0.228. The van der Waals surface area contributed by atoms with E-state index in [2.05, 4.69) is 16.7 Å². The van der Waals surface area contributed by atoms with Crippen LogP contribution in [0.15, 0.2) is 18.2 Å². The first-order valence-electron chi connectivity index (χ1n) is 7.32. The van der Waals surface area contributed by atoms with Crippen molar-refractivity contribution in [3.63, 3.8) is 0 Å². The molecule has 1 aliphatic rings. The van der Waals surface area contributed by atoms with Gasteiger partial charge in [0.15, 0.2) is 0 Å². The van der Waals surface area contributed by atoms with Gasteiger partial charge in [-0.05, 0) is 37.4 Å². The van der Waals surface area contributed by atoms with E-state index in [-0.39, 0.29) is 12.4 Å². The molecule has 2 rings (SSSR count). The van der Waals surface area contributed by atoms with Crippen LogP contribution in [0.3, 0.4) is 0 Å². The van der Waals surface area contributed by atoms with Gasteiger partial charge in [0.25, 0.3) is 0 Å². The molecule has 1 unspecified atom stereocenters. The highest BCUT2D eigenvalue weighted by molar-refractivity contribution is 5.37. The number of aliphatic hydroxyl groups excluding tert-OH is 1. The largest absolute Gasteiger partial charge is 0.384 e. The Hall–Kier alpha value is -1.41. The Labute approximate surface area is 125 Å². The summed E-state index contributed by atoms with van der Waals surface area (Å²) < 4.78 is 19.3. The third-order valence-electron chi connectivity index (χ3n) is 3.76. The van der Waals surface area contributed by atoms with E-state index in [0.717, 1.165) is 26.1 Å². The third-order valence-corrected chi connectivity index (χ3v) is 3.76. The minimum absolute atomic E-state index is 0.210. The molecule has 1 aliphatic heterocycles. The second kappa shape index (κ2) is 8.14. The molecule has 1 aromatic rings. The van der Waals surface area contributed by atoms with Crippen LogP contribution < -0.4 is 0 Å². The van der Waals surface area contributed by atoms with E-state index < -0.39 is 0 Å². The molecule has 0 saturated carbocycles. The fraction of sp³-hybridized carbons (Fsp3) is 0.529. The van der Waals surface area contributed by atoms with Gasteiger partial charge in [0, 0.05) is 31.3 Å². The van der Waals surface area contributed by atoms with Gasteiger partial charge in [-0.2, -0.15) is 0 Å². The van der Waals surface area contributed by atoms with Crippen molar-refractivity contribution in [2.24, 2.45) is 5.92 Å². The second-order valence-electron chi connectivity index (χ2n) is 5.46. The summed E-state index contributed by atoms with van der Waals surface area (Å²) in [6, 6.07) is 5.03. The highest BCUT2D eigenvalue weighted by Gasteiger charge is 2.20. The number of halogens is 1. The van der Waals surface area contributed by atoms with E-state index in [0.29, 0.717) is 23.6 Å². The molecule has 1 heterocycles. The van der Waals surface area contributed by atoms with Gasteiger partial charge in [0.05, 0.1) is 6.61 Å². The van der Waals surface area contributed by atoms with Gasteiger partial charge in [-0.15, -0.1) is 0 Å². The summed E-state index contributed by atoms with van der Waals surface area (Å²) in [5, 5.41) is 8.65. The van der Waals surface area contributed by atoms with Crippen molar-refractivity contribution in [3.05, 3.63) is 35.1 Å². The van der Waals surface area contributed by atoms with Crippen LogP contribution in [-0.2, 0) is 11.3 Å². The Bertz CT molecular complexity index is 519. The number of piperidine rings is 1. The molecule has 4 heteroatoms. The van der Waals surface area contributed by atoms with Crippen LogP contribution in [-0.4, -0.2) is 43.4 Å². The van der Waals surface area contributed by atoms with Crippen LogP contribution in [0.1, 0.15) is 24.0 Å². The minimum Gasteiger partial charge on any atom is -0.384 e. The van der Waals surface area contributed by atoms with Gasteiger partial charge in [0.2, 0.25) is 0 Å². The monoisotopic (exact) mass is 291 g/mol. The maximum Gasteiger partial charge on any atom is 0.128 e. The van der Waals surface area contributed by atoms with Crippen LogP contribution in [0.25, 0.3) is 0 Å². The molecule has 0 radical (unpaired) electrons. The average Bonchev–Trinajstić information content (AvgIpc) is 2.48. The van der Waals surface area contributed by atoms with Crippen LogP contribution >= 0.6 is 0 Å². The zero-order valence-electron chi connectivity index (χ0n) is 12.4. The maximum atomic E-state index is 14.1. The summed E-state index contributed by atoms with van der Waals surface area (Å²) >= 11 is 0. The number of hydrogen-bond acceptors (Lipinski definition) is 3. The van der Waals surface area contributed by atoms with E-state index in [1.165, 1.54) is 12.5 Å². The summed E-state index contributed by atoms with van der Waals surface area (Å²) in [6.07, 6.45) is 2.32. The number of ether oxygens (including phenoxy) is 1. The highest BCUT2D eigenvalue weighted by Crippen LogP contribution is 2.20. The van der Waals surface area contributed by atoms with Crippen molar-refractivity contribution in [1.29, 1.82) is 0 Å². The van der Waals surface area contributed by atoms with Crippen molar-refractivity contribution < 1.29 is 14.2 Å². The quantitative estimate of drug-likeness (QED) is 0.862. The molecule has 1 N–H and O–H groups in total. The molecule has 0 aliphatic carbocycles. The molecule has 0 amide bonds. The van der Waals surface area contributed by atoms with Gasteiger partial charge in [-0.25, -0.2) is 4.39 Å². The Balaban J connectivity index is 1.99. The fourth-order valence-corrected chi connectivity index (χ4v) is 2.80. The van der Waals surface area contributed by atoms with Crippen LogP contribution in [0.2, 0.25) is 0 Å². The lowest BCUT2D eigenvalue weighted by Gasteiger charge is -2.32. The lowest BCUT2D eigenvalue weighted by Crippen LogP contribution is -2.36. The smallest absolute Gasteiger partial charge is 0.128 e. The molecule has 114 valence electrons. The predicted molar refractivity (Wildman–Crippen MR) is 80.2 cm³/mol. The molecule has 0 spiro atoms. The lowest BCUT2D eigenvalue weighted by atomic mass is 9.98. The van der Waals surface area contributed by atoms with Gasteiger partial charge < -0.3 is 9.84 Å². The van der Waals surface area contributed by atoms with Crippen molar-refractivity contribution in [1.82, 2.24) is 4.90 Å². The molecule has 0 bridgehead atoms. The van der Waals surface area contributed by atoms with E-state index in [1.807, 2.05) is 0 Å². The van der Waals surface area contributed by atoms with Crippen LogP contribution in [0.4, 0.5) is 4.39 Å². The Morgan fingerprint density at radius 2 is 2.33 bits per heavy atom. The van der Waals surface area contributed by atoms with E-state index in [9.17, 15) is 4.39 Å². The maximum absolute atomic E-state index is 14.1. The summed E-state index contributed by atoms with van der Waals surface area (Å²) in [4.78, 5) is 2.28. The summed E-state index contributed by atoms with van der Waals surface area (Å²) in [7, 11) is 1.73. The molecule has 3 nitrogen and oxygen atoms in total. The molecular weight excluding hydrogens is 269 g/mol. The number of likely N-dealkylation sites (tertiary alicyclic amines) is 1. The first kappa shape index (κ1) is 16.0. The highest BCUT2D eigenvalue weighted by atomic mass is 19.1. The summed E-state index contributed by atoms with van der Waals surface area (Å²) in [5.74, 6) is 5.56. The van der Waals surface area contributed by atoms with Gasteiger partial charge in [-0.1, -0.05) is 17.9 Å². The number of nitrogens with zero attached hydrogens (tertiary/aromatic N) is 1. The molecule has 1 atom stereocenters. The first-order chi connectivity index (χ1) is 10.2. The second-order valence-corrected chi connectivity index (χ2v) is 5.46. The van der Waals surface area contributed by atoms with Gasteiger partial charge in [-0.3, -0.25) is 4.90 Å². The molecule has 0 aromatic heterocycles. The predicted octanol–water partition coefficient (Wildman–Crippen LogP) is 2.03. The number of methoxy groups -OCH3 is 1. The van der Waals surface area contributed by atoms with Crippen LogP contribution in [0, 0.1) is 23.6 Å². The SMILES string of the molecule is COCC1CCCN(Cc2ccc(C#CCO)cc2F)C1. The Morgan fingerprint density at radius 3 is 3.05 bits per heavy atom. The third kappa shape index (κ3) is 4.82. The molecule has 1 saturated heterocycles. The van der Waals surface area contributed by atoms with Gasteiger partial charge >= 0.3 is 0 Å². The number of aliphatic hydroxyl groups is 1. The van der Waals surface area contributed by atoms with E-state index >= 15 is 0 Å². The zero-order valence-corrected chi connectivity index (χ0v) is 12.4. The van der Waals surface area contributed by atoms with Crippen molar-refractivity contribution in [2.45, 2.75) is 19.4 Å². The molecule has 1 fully saturated rings. The fourth-order valence-electron chi connectivity index (χ4n) is 2.80. The molecular formula is C17H22FNO2. The topological polar surface area (TPSA) is 32.7 Å². The first-order valence-corrected chi connectivity index (χ1v) is 7.32. The van der Waals surface area contributed by atoms with Gasteiger partial charge in [0.1, 0.15) is 12.4 Å². The lowest BCUT2D eigenvalue weighted by molar-refractivity contribution is 0.0868. The molecule has 1 aromatic carbocycles. The number of rotatable bonds is 4. The standard InChI is InChI=1S/C17H22FNO2/c1-21-13-15-4-2-8-19(11-15)12-16-7-6-14(5-3-9-20)10-17(16)18/h6-7,10,15,20H,2,4,8-9,11-13H2,1H3. The average molecular weight is 291 g/mol. The zero-order chi connectivity index (χ0) is 15.1. The summed E-state index contributed by atoms with van der Waals surface area (Å²) in [6.45, 7) is 3.15. The Kier molecular flexibility index (Phi) is 6.19. The van der Waals surface area contributed by atoms with E-state index in [1.54, 1.807) is 19.2 Å². The molecule has 21 heavy (non-hydrogen) atoms. The Morgan fingerprint density at radius 1 is 1.48 bits per heavy atom. The van der Waals surface area contributed by atoms with Crippen LogP contribution in [0.5, 0.6) is 0 Å².